The van der Waals surface area contributed by atoms with Gasteiger partial charge in [-0.05, 0) is 18.6 Å². The number of ether oxygens (including phenoxy) is 1. The molecule has 0 N–H and O–H groups in total. The van der Waals surface area contributed by atoms with Crippen LogP contribution in [0.3, 0.4) is 0 Å². The Morgan fingerprint density at radius 3 is 2.46 bits per heavy atom. The molecule has 0 radical (unpaired) electrons. The van der Waals surface area contributed by atoms with Crippen LogP contribution in [0.5, 0.6) is 0 Å². The first-order chi connectivity index (χ1) is 5.99. The van der Waals surface area contributed by atoms with Crippen LogP contribution in [0.4, 0.5) is 0 Å². The smallest absolute Gasteiger partial charge is 0.331 e. The monoisotopic (exact) mass is 185 g/mol. The fourth-order valence-corrected chi connectivity index (χ4v) is 1.53. The second-order valence-corrected chi connectivity index (χ2v) is 3.85. The molecule has 0 bridgehead atoms. The van der Waals surface area contributed by atoms with Crippen molar-refractivity contribution in [1.82, 2.24) is 0 Å². The second kappa shape index (κ2) is 5.00. The number of methoxy groups -OCH3 is 1. The highest BCUT2D eigenvalue weighted by atomic mass is 16.5. The topological polar surface area (TPSA) is 38.7 Å². The van der Waals surface area contributed by atoms with E-state index in [1.807, 2.05) is 13.8 Å². The maximum Gasteiger partial charge on any atom is 0.331 e. The van der Waals surface area contributed by atoms with Gasteiger partial charge in [0, 0.05) is 0 Å². The Morgan fingerprint density at radius 1 is 1.62 bits per heavy atom. The van der Waals surface area contributed by atoms with Crippen LogP contribution in [0.1, 0.15) is 33.6 Å². The van der Waals surface area contributed by atoms with Gasteiger partial charge in [-0.15, -0.1) is 0 Å². The van der Waals surface area contributed by atoms with Gasteiger partial charge in [-0.1, -0.05) is 27.2 Å². The third-order valence-electron chi connectivity index (χ3n) is 2.24. The fraction of sp³-hybridized carbons (Fsp3) is 0.800. The lowest BCUT2D eigenvalue weighted by atomic mass is 9.80. The van der Waals surface area contributed by atoms with Crippen molar-refractivity contribution in [1.29, 1.82) is 0 Å². The van der Waals surface area contributed by atoms with Crippen LogP contribution >= 0.6 is 0 Å². The van der Waals surface area contributed by atoms with Gasteiger partial charge in [-0.3, -0.25) is 4.99 Å². The standard InChI is InChI=1S/C10H19NO2/c1-6-7-10(2,3)8(11-4)9(12)13-5/h8H,4,6-7H2,1-3,5H3. The largest absolute Gasteiger partial charge is 0.467 e. The first-order valence-electron chi connectivity index (χ1n) is 4.53. The Kier molecular flexibility index (Phi) is 4.67. The van der Waals surface area contributed by atoms with Crippen LogP contribution in [0.2, 0.25) is 0 Å². The van der Waals surface area contributed by atoms with E-state index in [1.54, 1.807) is 0 Å². The van der Waals surface area contributed by atoms with Gasteiger partial charge in [0.25, 0.3) is 0 Å². The third-order valence-corrected chi connectivity index (χ3v) is 2.24. The molecule has 0 heterocycles. The van der Waals surface area contributed by atoms with Gasteiger partial charge in [-0.2, -0.15) is 0 Å². The molecule has 0 spiro atoms. The number of carbonyl (C=O) groups is 1. The Morgan fingerprint density at radius 2 is 2.15 bits per heavy atom. The molecule has 13 heavy (non-hydrogen) atoms. The molecule has 0 amide bonds. The Labute approximate surface area is 80.2 Å². The highest BCUT2D eigenvalue weighted by Gasteiger charge is 2.34. The lowest BCUT2D eigenvalue weighted by Gasteiger charge is -2.28. The van der Waals surface area contributed by atoms with Gasteiger partial charge in [0.2, 0.25) is 0 Å². The van der Waals surface area contributed by atoms with E-state index in [9.17, 15) is 4.79 Å². The summed E-state index contributed by atoms with van der Waals surface area (Å²) in [5.74, 6) is -0.298. The predicted molar refractivity (Wildman–Crippen MR) is 54.0 cm³/mol. The molecular formula is C10H19NO2. The van der Waals surface area contributed by atoms with Gasteiger partial charge in [0.15, 0.2) is 6.04 Å². The minimum Gasteiger partial charge on any atom is -0.467 e. The minimum atomic E-state index is -0.447. The van der Waals surface area contributed by atoms with E-state index >= 15 is 0 Å². The van der Waals surface area contributed by atoms with Crippen molar-refractivity contribution in [2.45, 2.75) is 39.7 Å². The van der Waals surface area contributed by atoms with E-state index in [0.717, 1.165) is 12.8 Å². The van der Waals surface area contributed by atoms with Crippen LogP contribution in [-0.2, 0) is 9.53 Å². The van der Waals surface area contributed by atoms with Crippen molar-refractivity contribution >= 4 is 12.7 Å². The average molecular weight is 185 g/mol. The molecule has 1 atom stereocenters. The number of carbonyl (C=O) groups excluding carboxylic acids is 1. The van der Waals surface area contributed by atoms with E-state index in [-0.39, 0.29) is 11.4 Å². The summed E-state index contributed by atoms with van der Waals surface area (Å²) in [6.45, 7) is 9.52. The van der Waals surface area contributed by atoms with Crippen LogP contribution in [-0.4, -0.2) is 25.8 Å². The van der Waals surface area contributed by atoms with Gasteiger partial charge >= 0.3 is 5.97 Å². The SMILES string of the molecule is C=NC(C(=O)OC)C(C)(C)CCC. The predicted octanol–water partition coefficient (Wildman–Crippen LogP) is 2.05. The summed E-state index contributed by atoms with van der Waals surface area (Å²) >= 11 is 0. The van der Waals surface area contributed by atoms with Crippen molar-refractivity contribution in [3.05, 3.63) is 0 Å². The highest BCUT2D eigenvalue weighted by Crippen LogP contribution is 2.29. The number of rotatable bonds is 5. The van der Waals surface area contributed by atoms with Gasteiger partial charge in [-0.25, -0.2) is 4.79 Å². The lowest BCUT2D eigenvalue weighted by molar-refractivity contribution is -0.145. The summed E-state index contributed by atoms with van der Waals surface area (Å²) in [6.07, 6.45) is 1.96. The van der Waals surface area contributed by atoms with E-state index in [0.29, 0.717) is 0 Å². The van der Waals surface area contributed by atoms with E-state index in [1.165, 1.54) is 7.11 Å². The number of aliphatic imine (C=N–C) groups is 1. The molecule has 0 saturated heterocycles. The molecule has 1 unspecified atom stereocenters. The van der Waals surface area contributed by atoms with Crippen molar-refractivity contribution in [3.8, 4) is 0 Å². The molecule has 0 aliphatic rings. The summed E-state index contributed by atoms with van der Waals surface area (Å²) in [5, 5.41) is 0. The molecule has 0 rings (SSSR count). The van der Waals surface area contributed by atoms with Gasteiger partial charge in [0.05, 0.1) is 7.11 Å². The quantitative estimate of drug-likeness (QED) is 0.485. The maximum absolute atomic E-state index is 11.3. The van der Waals surface area contributed by atoms with E-state index in [4.69, 9.17) is 0 Å². The Balaban J connectivity index is 4.54. The van der Waals surface area contributed by atoms with Crippen LogP contribution in [0.15, 0.2) is 4.99 Å². The molecule has 0 aliphatic heterocycles. The van der Waals surface area contributed by atoms with Crippen LogP contribution in [0.25, 0.3) is 0 Å². The van der Waals surface area contributed by atoms with Crippen molar-refractivity contribution in [3.63, 3.8) is 0 Å². The first-order valence-corrected chi connectivity index (χ1v) is 4.53. The lowest BCUT2D eigenvalue weighted by Crippen LogP contribution is -2.35. The molecule has 0 aromatic carbocycles. The van der Waals surface area contributed by atoms with Gasteiger partial charge in [0.1, 0.15) is 0 Å². The fourth-order valence-electron chi connectivity index (χ4n) is 1.53. The maximum atomic E-state index is 11.3. The zero-order valence-electron chi connectivity index (χ0n) is 8.96. The normalized spacial score (nSPS) is 13.5. The molecular weight excluding hydrogens is 166 g/mol. The molecule has 0 fully saturated rings. The molecule has 0 aromatic heterocycles. The third kappa shape index (κ3) is 3.17. The Hall–Kier alpha value is -0.860. The summed E-state index contributed by atoms with van der Waals surface area (Å²) in [5.41, 5.74) is -0.163. The van der Waals surface area contributed by atoms with Crippen LogP contribution < -0.4 is 0 Å². The molecule has 0 aromatic rings. The molecule has 0 aliphatic carbocycles. The first kappa shape index (κ1) is 12.1. The second-order valence-electron chi connectivity index (χ2n) is 3.85. The van der Waals surface area contributed by atoms with Crippen molar-refractivity contribution in [2.24, 2.45) is 10.4 Å². The summed E-state index contributed by atoms with van der Waals surface area (Å²) < 4.78 is 4.66. The summed E-state index contributed by atoms with van der Waals surface area (Å²) in [4.78, 5) is 15.1. The zero-order chi connectivity index (χ0) is 10.5. The number of esters is 1. The molecule has 3 nitrogen and oxygen atoms in total. The van der Waals surface area contributed by atoms with Crippen molar-refractivity contribution < 1.29 is 9.53 Å². The van der Waals surface area contributed by atoms with E-state index in [2.05, 4.69) is 23.4 Å². The zero-order valence-corrected chi connectivity index (χ0v) is 8.96. The van der Waals surface area contributed by atoms with E-state index < -0.39 is 6.04 Å². The highest BCUT2D eigenvalue weighted by molar-refractivity contribution is 5.77. The number of hydrogen-bond acceptors (Lipinski definition) is 3. The average Bonchev–Trinajstić information content (AvgIpc) is 2.04. The Bertz CT molecular complexity index is 187. The number of nitrogens with zero attached hydrogens (tertiary/aromatic N) is 1. The minimum absolute atomic E-state index is 0.163. The molecule has 76 valence electrons. The molecule has 3 heteroatoms. The molecule has 0 saturated carbocycles. The van der Waals surface area contributed by atoms with Crippen molar-refractivity contribution in [2.75, 3.05) is 7.11 Å². The van der Waals surface area contributed by atoms with Gasteiger partial charge < -0.3 is 4.74 Å². The number of hydrogen-bond donors (Lipinski definition) is 0. The van der Waals surface area contributed by atoms with Crippen LogP contribution in [0, 0.1) is 5.41 Å². The summed E-state index contributed by atoms with van der Waals surface area (Å²) in [6, 6.07) is -0.447. The summed E-state index contributed by atoms with van der Waals surface area (Å²) in [7, 11) is 1.38.